The summed E-state index contributed by atoms with van der Waals surface area (Å²) < 4.78 is 31.6. The Hall–Kier alpha value is -0.910. The highest BCUT2D eigenvalue weighted by atomic mass is 19.3. The number of hydrogen-bond donors (Lipinski definition) is 0. The van der Waals surface area contributed by atoms with Crippen LogP contribution in [-0.2, 0) is 4.74 Å². The number of rotatable bonds is 2. The molecule has 0 aromatic rings. The van der Waals surface area contributed by atoms with E-state index in [4.69, 9.17) is 4.74 Å². The third-order valence-corrected chi connectivity index (χ3v) is 4.04. The highest BCUT2D eigenvalue weighted by Crippen LogP contribution is 2.29. The van der Waals surface area contributed by atoms with Crippen LogP contribution in [0.2, 0.25) is 0 Å². The topological polar surface area (TPSA) is 32.8 Å². The molecule has 2 heterocycles. The van der Waals surface area contributed by atoms with E-state index in [1.54, 1.807) is 4.90 Å². The molecule has 0 aliphatic carbocycles. The summed E-state index contributed by atoms with van der Waals surface area (Å²) in [5, 5.41) is 0. The van der Waals surface area contributed by atoms with E-state index in [1.165, 1.54) is 0 Å². The summed E-state index contributed by atoms with van der Waals surface area (Å²) in [5.74, 6) is -2.13. The van der Waals surface area contributed by atoms with Crippen molar-refractivity contribution in [3.63, 3.8) is 0 Å². The summed E-state index contributed by atoms with van der Waals surface area (Å²) >= 11 is 0. The number of likely N-dealkylation sites (tertiary alicyclic amines) is 2. The zero-order valence-corrected chi connectivity index (χ0v) is 13.2. The molecule has 2 saturated heterocycles. The number of nitrogens with zero attached hydrogens (tertiary/aromatic N) is 2. The van der Waals surface area contributed by atoms with Gasteiger partial charge in [0.25, 0.3) is 5.92 Å². The lowest BCUT2D eigenvalue weighted by atomic mass is 10.0. The van der Waals surface area contributed by atoms with Crippen LogP contribution < -0.4 is 0 Å². The molecule has 1 atom stereocenters. The van der Waals surface area contributed by atoms with Crippen molar-refractivity contribution in [1.82, 2.24) is 9.80 Å². The molecule has 6 heteroatoms. The van der Waals surface area contributed by atoms with Gasteiger partial charge in [0.15, 0.2) is 0 Å². The van der Waals surface area contributed by atoms with E-state index in [9.17, 15) is 13.6 Å². The fourth-order valence-corrected chi connectivity index (χ4v) is 2.90. The summed E-state index contributed by atoms with van der Waals surface area (Å²) in [6.45, 7) is 8.64. The fraction of sp³-hybridized carbons (Fsp3) is 0.933. The molecule has 2 aliphatic rings. The second kappa shape index (κ2) is 6.07. The lowest BCUT2D eigenvalue weighted by molar-refractivity contribution is -0.0571. The summed E-state index contributed by atoms with van der Waals surface area (Å²) in [4.78, 5) is 15.8. The Morgan fingerprint density at radius 3 is 2.43 bits per heavy atom. The Labute approximate surface area is 125 Å². The molecule has 2 fully saturated rings. The predicted octanol–water partition coefficient (Wildman–Crippen LogP) is 2.97. The first-order valence-electron chi connectivity index (χ1n) is 7.73. The second-order valence-corrected chi connectivity index (χ2v) is 7.24. The van der Waals surface area contributed by atoms with Crippen molar-refractivity contribution in [3.05, 3.63) is 0 Å². The van der Waals surface area contributed by atoms with Crippen molar-refractivity contribution < 1.29 is 18.3 Å². The van der Waals surface area contributed by atoms with Crippen LogP contribution in [0, 0.1) is 5.92 Å². The fourth-order valence-electron chi connectivity index (χ4n) is 2.90. The Bertz CT molecular complexity index is 372. The van der Waals surface area contributed by atoms with E-state index < -0.39 is 11.5 Å². The first-order valence-corrected chi connectivity index (χ1v) is 7.73. The van der Waals surface area contributed by atoms with E-state index in [0.29, 0.717) is 32.1 Å². The van der Waals surface area contributed by atoms with Gasteiger partial charge in [0.05, 0.1) is 0 Å². The largest absolute Gasteiger partial charge is 0.444 e. The van der Waals surface area contributed by atoms with Gasteiger partial charge in [-0.05, 0) is 33.1 Å². The van der Waals surface area contributed by atoms with Crippen molar-refractivity contribution in [2.75, 3.05) is 32.7 Å². The number of ether oxygens (including phenoxy) is 1. The number of halogens is 2. The van der Waals surface area contributed by atoms with Crippen molar-refractivity contribution in [1.29, 1.82) is 0 Å². The average Bonchev–Trinajstić information content (AvgIpc) is 2.78. The molecular weight excluding hydrogens is 278 g/mol. The first-order chi connectivity index (χ1) is 9.65. The minimum absolute atomic E-state index is 0.0461. The van der Waals surface area contributed by atoms with E-state index in [0.717, 1.165) is 13.0 Å². The zero-order valence-electron chi connectivity index (χ0n) is 13.2. The predicted molar refractivity (Wildman–Crippen MR) is 76.5 cm³/mol. The second-order valence-electron chi connectivity index (χ2n) is 7.24. The number of alkyl halides is 2. The molecule has 0 radical (unpaired) electrons. The third kappa shape index (κ3) is 5.09. The van der Waals surface area contributed by atoms with Gasteiger partial charge in [0.1, 0.15) is 5.60 Å². The molecule has 4 nitrogen and oxygen atoms in total. The van der Waals surface area contributed by atoms with Gasteiger partial charge in [0.2, 0.25) is 0 Å². The monoisotopic (exact) mass is 304 g/mol. The maximum Gasteiger partial charge on any atom is 0.410 e. The lowest BCUT2D eigenvalue weighted by Crippen LogP contribution is -2.42. The molecule has 2 rings (SSSR count). The molecule has 0 bridgehead atoms. The molecule has 1 unspecified atom stereocenters. The van der Waals surface area contributed by atoms with E-state index in [2.05, 4.69) is 4.90 Å². The average molecular weight is 304 g/mol. The van der Waals surface area contributed by atoms with Crippen LogP contribution in [0.3, 0.4) is 0 Å². The van der Waals surface area contributed by atoms with E-state index in [-0.39, 0.29) is 18.9 Å². The number of piperidine rings is 1. The van der Waals surface area contributed by atoms with Gasteiger partial charge >= 0.3 is 6.09 Å². The van der Waals surface area contributed by atoms with Crippen LogP contribution in [0.25, 0.3) is 0 Å². The van der Waals surface area contributed by atoms with Crippen LogP contribution in [-0.4, -0.2) is 60.1 Å². The Morgan fingerprint density at radius 2 is 1.86 bits per heavy atom. The zero-order chi connectivity index (χ0) is 15.7. The Balaban J connectivity index is 1.74. The molecular formula is C15H26F2N2O2. The third-order valence-electron chi connectivity index (χ3n) is 4.04. The lowest BCUT2D eigenvalue weighted by Gasteiger charge is -2.33. The summed E-state index contributed by atoms with van der Waals surface area (Å²) in [6.07, 6.45) is 0.562. The molecule has 21 heavy (non-hydrogen) atoms. The molecule has 1 amide bonds. The minimum atomic E-state index is -2.49. The quantitative estimate of drug-likeness (QED) is 0.786. The van der Waals surface area contributed by atoms with Crippen molar-refractivity contribution in [2.24, 2.45) is 5.92 Å². The molecule has 0 aromatic carbocycles. The van der Waals surface area contributed by atoms with Crippen molar-refractivity contribution in [3.8, 4) is 0 Å². The maximum absolute atomic E-state index is 13.1. The van der Waals surface area contributed by atoms with Gasteiger partial charge in [0, 0.05) is 45.6 Å². The molecule has 0 spiro atoms. The van der Waals surface area contributed by atoms with E-state index in [1.807, 2.05) is 20.8 Å². The standard InChI is InChI=1S/C15H26F2N2O2/c1-14(2,3)21-13(20)19-7-4-12(11-19)10-18-8-5-15(16,17)6-9-18/h12H,4-11H2,1-3H3. The number of carbonyl (C=O) groups is 1. The smallest absolute Gasteiger partial charge is 0.410 e. The minimum Gasteiger partial charge on any atom is -0.444 e. The molecule has 122 valence electrons. The number of hydrogen-bond acceptors (Lipinski definition) is 3. The van der Waals surface area contributed by atoms with Gasteiger partial charge in [-0.1, -0.05) is 0 Å². The summed E-state index contributed by atoms with van der Waals surface area (Å²) in [6, 6.07) is 0. The van der Waals surface area contributed by atoms with Crippen molar-refractivity contribution >= 4 is 6.09 Å². The van der Waals surface area contributed by atoms with Gasteiger partial charge in [-0.3, -0.25) is 0 Å². The number of carbonyl (C=O) groups excluding carboxylic acids is 1. The maximum atomic E-state index is 13.1. The number of amides is 1. The normalized spacial score (nSPS) is 26.9. The Kier molecular flexibility index (Phi) is 4.76. The molecule has 2 aliphatic heterocycles. The highest BCUT2D eigenvalue weighted by Gasteiger charge is 2.36. The van der Waals surface area contributed by atoms with Gasteiger partial charge < -0.3 is 14.5 Å². The Morgan fingerprint density at radius 1 is 1.24 bits per heavy atom. The van der Waals surface area contributed by atoms with Gasteiger partial charge in [-0.2, -0.15) is 0 Å². The van der Waals surface area contributed by atoms with Crippen molar-refractivity contribution in [2.45, 2.75) is 51.6 Å². The molecule has 0 aromatic heterocycles. The van der Waals surface area contributed by atoms with Gasteiger partial charge in [-0.25, -0.2) is 13.6 Å². The SMILES string of the molecule is CC(C)(C)OC(=O)N1CCC(CN2CCC(F)(F)CC2)C1. The summed E-state index contributed by atoms with van der Waals surface area (Å²) in [5.41, 5.74) is -0.479. The van der Waals surface area contributed by atoms with Gasteiger partial charge in [-0.15, -0.1) is 0 Å². The van der Waals surface area contributed by atoms with Crippen LogP contribution in [0.1, 0.15) is 40.0 Å². The van der Waals surface area contributed by atoms with Crippen LogP contribution in [0.4, 0.5) is 13.6 Å². The summed E-state index contributed by atoms with van der Waals surface area (Å²) in [7, 11) is 0. The molecule has 0 saturated carbocycles. The molecule has 0 N–H and O–H groups in total. The van der Waals surface area contributed by atoms with E-state index >= 15 is 0 Å². The van der Waals surface area contributed by atoms with Crippen LogP contribution in [0.5, 0.6) is 0 Å². The van der Waals surface area contributed by atoms with Crippen LogP contribution in [0.15, 0.2) is 0 Å². The highest BCUT2D eigenvalue weighted by molar-refractivity contribution is 5.68. The van der Waals surface area contributed by atoms with Crippen LogP contribution >= 0.6 is 0 Å². The first kappa shape index (κ1) is 16.5.